The SMILES string of the molecule is CCCCCCCCCCCCCCCC[N+](C)(C)CCOC(=O)CCC1(C)CC(CC(=O)OCC[N+](C)(C)CCCCCCCCCCCCCCCC)CC(C)(C)C1.[Br-].[Br-]. The van der Waals surface area contributed by atoms with Crippen molar-refractivity contribution in [3.8, 4) is 0 Å². The monoisotopic (exact) mass is 1010 g/mol. The molecule has 0 heterocycles. The minimum absolute atomic E-state index is 0. The average molecular weight is 1010 g/mol. The van der Waals surface area contributed by atoms with Crippen LogP contribution in [0.25, 0.3) is 0 Å². The van der Waals surface area contributed by atoms with E-state index in [4.69, 9.17) is 9.47 Å². The lowest BCUT2D eigenvalue weighted by Gasteiger charge is -2.46. The molecule has 0 amide bonds. The molecule has 2 unspecified atom stereocenters. The molecule has 1 rings (SSSR count). The van der Waals surface area contributed by atoms with Gasteiger partial charge in [-0.05, 0) is 68.1 Å². The van der Waals surface area contributed by atoms with E-state index in [2.05, 4.69) is 62.8 Å². The highest BCUT2D eigenvalue weighted by atomic mass is 79.9. The molecule has 0 radical (unpaired) electrons. The van der Waals surface area contributed by atoms with Gasteiger partial charge in [-0.25, -0.2) is 0 Å². The zero-order valence-corrected chi connectivity index (χ0v) is 46.3. The number of quaternary nitrogens is 2. The predicted octanol–water partition coefficient (Wildman–Crippen LogP) is 9.20. The first-order valence-electron chi connectivity index (χ1n) is 26.6. The van der Waals surface area contributed by atoms with Crippen molar-refractivity contribution in [2.45, 2.75) is 253 Å². The quantitative estimate of drug-likeness (QED) is 0.0349. The van der Waals surface area contributed by atoms with Gasteiger partial charge in [-0.1, -0.05) is 189 Å². The number of hydrogen-bond donors (Lipinski definition) is 0. The van der Waals surface area contributed by atoms with E-state index >= 15 is 0 Å². The van der Waals surface area contributed by atoms with Crippen LogP contribution < -0.4 is 34.0 Å². The van der Waals surface area contributed by atoms with E-state index < -0.39 is 0 Å². The van der Waals surface area contributed by atoms with E-state index in [9.17, 15) is 9.59 Å². The van der Waals surface area contributed by atoms with E-state index in [0.29, 0.717) is 32.0 Å². The molecule has 1 aliphatic carbocycles. The Labute approximate surface area is 409 Å². The molecule has 1 saturated carbocycles. The maximum atomic E-state index is 13.1. The number of ether oxygens (including phenoxy) is 2. The standard InChI is InChI=1S/C54H108N2O4.2BrH/c1-10-12-14-16-18-20-22-24-26-28-30-32-34-36-40-55(6,7)42-44-59-51(57)38-39-54(5)48-50(47-53(3,4)49-54)46-52(58)60-45-43-56(8,9)41-37-35-33-31-29-27-25-23-21-19-17-15-13-11-2;;/h50H,10-49H2,1-9H3;2*1H/q+2;;/p-2. The largest absolute Gasteiger partial charge is 1.00 e. The van der Waals surface area contributed by atoms with Crippen molar-refractivity contribution in [3.63, 3.8) is 0 Å². The van der Waals surface area contributed by atoms with Gasteiger partial charge in [-0.3, -0.25) is 9.59 Å². The number of rotatable bonds is 41. The lowest BCUT2D eigenvalue weighted by molar-refractivity contribution is -0.890. The third kappa shape index (κ3) is 38.0. The Kier molecular flexibility index (Phi) is 40.1. The summed E-state index contributed by atoms with van der Waals surface area (Å²) in [6.45, 7) is 16.6. The van der Waals surface area contributed by atoms with Gasteiger partial charge >= 0.3 is 11.9 Å². The highest BCUT2D eigenvalue weighted by molar-refractivity contribution is 5.70. The summed E-state index contributed by atoms with van der Waals surface area (Å²) >= 11 is 0. The normalized spacial score (nSPS) is 17.6. The molecule has 0 aromatic heterocycles. The molecule has 1 aliphatic rings. The van der Waals surface area contributed by atoms with E-state index in [1.807, 2.05) is 0 Å². The molecule has 8 heteroatoms. The number of esters is 2. The molecule has 6 nitrogen and oxygen atoms in total. The second kappa shape index (κ2) is 38.9. The highest BCUT2D eigenvalue weighted by Gasteiger charge is 2.42. The lowest BCUT2D eigenvalue weighted by Crippen LogP contribution is -3.00. The van der Waals surface area contributed by atoms with Gasteiger partial charge in [0, 0.05) is 12.8 Å². The van der Waals surface area contributed by atoms with Crippen molar-refractivity contribution >= 4 is 11.9 Å². The predicted molar refractivity (Wildman–Crippen MR) is 259 cm³/mol. The summed E-state index contributed by atoms with van der Waals surface area (Å²) in [6, 6.07) is 0. The summed E-state index contributed by atoms with van der Waals surface area (Å²) in [6.07, 6.45) is 43.7. The second-order valence-electron chi connectivity index (χ2n) is 22.5. The Balaban J connectivity index is 0. The molecular weight excluding hydrogens is 900 g/mol. The molecule has 372 valence electrons. The van der Waals surface area contributed by atoms with Gasteiger partial charge in [0.05, 0.1) is 41.3 Å². The molecule has 0 saturated heterocycles. The Hall–Kier alpha value is -0.180. The number of nitrogens with zero attached hydrogens (tertiary/aromatic N) is 2. The summed E-state index contributed by atoms with van der Waals surface area (Å²) in [5.74, 6) is 0.181. The van der Waals surface area contributed by atoms with E-state index in [0.717, 1.165) is 60.8 Å². The Morgan fingerprint density at radius 2 is 0.790 bits per heavy atom. The van der Waals surface area contributed by atoms with Crippen molar-refractivity contribution in [2.75, 3.05) is 67.6 Å². The van der Waals surface area contributed by atoms with Gasteiger partial charge < -0.3 is 52.4 Å². The van der Waals surface area contributed by atoms with Crippen LogP contribution in [0.1, 0.15) is 253 Å². The van der Waals surface area contributed by atoms with Crippen LogP contribution in [0.2, 0.25) is 0 Å². The summed E-state index contributed by atoms with van der Waals surface area (Å²) in [5, 5.41) is 0. The molecular formula is C54H108Br2N2O4. The Morgan fingerprint density at radius 1 is 0.468 bits per heavy atom. The van der Waals surface area contributed by atoms with E-state index in [1.165, 1.54) is 180 Å². The van der Waals surface area contributed by atoms with Crippen LogP contribution in [-0.4, -0.2) is 88.5 Å². The van der Waals surface area contributed by atoms with Crippen molar-refractivity contribution in [2.24, 2.45) is 16.7 Å². The number of likely N-dealkylation sites (N-methyl/N-ethyl adjacent to an activating group) is 2. The van der Waals surface area contributed by atoms with Gasteiger partial charge in [0.2, 0.25) is 0 Å². The molecule has 0 aromatic rings. The Bertz CT molecular complexity index is 1050. The number of carbonyl (C=O) groups is 2. The molecule has 0 aromatic carbocycles. The molecule has 0 bridgehead atoms. The fourth-order valence-electron chi connectivity index (χ4n) is 10.5. The topological polar surface area (TPSA) is 52.6 Å². The highest BCUT2D eigenvalue weighted by Crippen LogP contribution is 2.51. The zero-order chi connectivity index (χ0) is 44.4. The average Bonchev–Trinajstić information content (AvgIpc) is 3.16. The summed E-state index contributed by atoms with van der Waals surface area (Å²) in [4.78, 5) is 26.0. The van der Waals surface area contributed by atoms with Crippen LogP contribution in [0.4, 0.5) is 0 Å². The molecule has 0 aliphatic heterocycles. The first-order chi connectivity index (χ1) is 28.6. The van der Waals surface area contributed by atoms with Gasteiger partial charge in [0.1, 0.15) is 26.3 Å². The van der Waals surface area contributed by atoms with E-state index in [1.54, 1.807) is 0 Å². The van der Waals surface area contributed by atoms with Crippen molar-refractivity contribution in [3.05, 3.63) is 0 Å². The van der Waals surface area contributed by atoms with Crippen LogP contribution >= 0.6 is 0 Å². The van der Waals surface area contributed by atoms with E-state index in [-0.39, 0.29) is 56.7 Å². The van der Waals surface area contributed by atoms with Crippen LogP contribution in [0.5, 0.6) is 0 Å². The fourth-order valence-corrected chi connectivity index (χ4v) is 10.5. The fraction of sp³-hybridized carbons (Fsp3) is 0.963. The maximum Gasteiger partial charge on any atom is 0.306 e. The molecule has 2 atom stereocenters. The number of unbranched alkanes of at least 4 members (excludes halogenated alkanes) is 26. The minimum Gasteiger partial charge on any atom is -1.00 e. The third-order valence-electron chi connectivity index (χ3n) is 14.1. The first kappa shape index (κ1) is 63.9. The zero-order valence-electron chi connectivity index (χ0n) is 43.1. The molecule has 62 heavy (non-hydrogen) atoms. The van der Waals surface area contributed by atoms with Crippen molar-refractivity contribution in [1.29, 1.82) is 0 Å². The minimum atomic E-state index is -0.0677. The molecule has 0 N–H and O–H groups in total. The van der Waals surface area contributed by atoms with Gasteiger partial charge in [-0.2, -0.15) is 0 Å². The van der Waals surface area contributed by atoms with Crippen LogP contribution in [0, 0.1) is 16.7 Å². The first-order valence-corrected chi connectivity index (χ1v) is 26.6. The number of halogens is 2. The van der Waals surface area contributed by atoms with Crippen LogP contribution in [-0.2, 0) is 19.1 Å². The van der Waals surface area contributed by atoms with Crippen molar-refractivity contribution < 1.29 is 62.0 Å². The summed E-state index contributed by atoms with van der Waals surface area (Å²) in [5.41, 5.74) is 0.171. The maximum absolute atomic E-state index is 13.1. The Morgan fingerprint density at radius 3 is 1.15 bits per heavy atom. The van der Waals surface area contributed by atoms with Gasteiger partial charge in [0.15, 0.2) is 0 Å². The summed E-state index contributed by atoms with van der Waals surface area (Å²) in [7, 11) is 9.09. The number of carbonyl (C=O) groups excluding carboxylic acids is 2. The van der Waals surface area contributed by atoms with Crippen LogP contribution in [0.15, 0.2) is 0 Å². The van der Waals surface area contributed by atoms with Gasteiger partial charge in [-0.15, -0.1) is 0 Å². The molecule has 1 fully saturated rings. The molecule has 0 spiro atoms. The van der Waals surface area contributed by atoms with Crippen molar-refractivity contribution in [1.82, 2.24) is 0 Å². The third-order valence-corrected chi connectivity index (χ3v) is 14.1. The van der Waals surface area contributed by atoms with Gasteiger partial charge in [0.25, 0.3) is 0 Å². The lowest BCUT2D eigenvalue weighted by atomic mass is 9.59. The second-order valence-corrected chi connectivity index (χ2v) is 22.5. The number of hydrogen-bond acceptors (Lipinski definition) is 4. The smallest absolute Gasteiger partial charge is 0.306 e. The summed E-state index contributed by atoms with van der Waals surface area (Å²) < 4.78 is 13.5. The van der Waals surface area contributed by atoms with Crippen LogP contribution in [0.3, 0.4) is 0 Å².